The first-order valence-electron chi connectivity index (χ1n) is 5.86. The lowest BCUT2D eigenvalue weighted by Gasteiger charge is -2.21. The second kappa shape index (κ2) is 6.03. The summed E-state index contributed by atoms with van der Waals surface area (Å²) in [7, 11) is 0. The first kappa shape index (κ1) is 12.4. The van der Waals surface area contributed by atoms with Crippen molar-refractivity contribution in [3.8, 4) is 0 Å². The molecule has 1 aliphatic heterocycles. The molecule has 1 saturated heterocycles. The lowest BCUT2D eigenvalue weighted by Crippen LogP contribution is -2.33. The van der Waals surface area contributed by atoms with Crippen LogP contribution in [0.25, 0.3) is 0 Å². The van der Waals surface area contributed by atoms with Crippen LogP contribution < -0.4 is 5.32 Å². The molecular formula is C13H16ClNO2. The zero-order chi connectivity index (χ0) is 12.1. The molecule has 1 aliphatic rings. The Balaban J connectivity index is 1.85. The average Bonchev–Trinajstić information content (AvgIpc) is 2.38. The lowest BCUT2D eigenvalue weighted by molar-refractivity contribution is -0.128. The summed E-state index contributed by atoms with van der Waals surface area (Å²) in [6.45, 7) is 1.87. The molecule has 1 N–H and O–H groups in total. The number of amides is 1. The standard InChI is InChI=1S/C13H16ClNO2/c14-12-4-2-1-3-11(12)9-15-13(16)10-5-7-17-8-6-10/h1-4,10H,5-9H2,(H,15,16). The highest BCUT2D eigenvalue weighted by atomic mass is 35.5. The Hall–Kier alpha value is -1.06. The number of hydrogen-bond donors (Lipinski definition) is 1. The second-order valence-corrected chi connectivity index (χ2v) is 4.60. The lowest BCUT2D eigenvalue weighted by atomic mass is 9.99. The van der Waals surface area contributed by atoms with Gasteiger partial charge in [-0.1, -0.05) is 29.8 Å². The van der Waals surface area contributed by atoms with Gasteiger partial charge in [0.15, 0.2) is 0 Å². The molecule has 3 nitrogen and oxygen atoms in total. The third-order valence-electron chi connectivity index (χ3n) is 3.00. The maximum Gasteiger partial charge on any atom is 0.223 e. The Morgan fingerprint density at radius 2 is 2.06 bits per heavy atom. The van der Waals surface area contributed by atoms with E-state index in [4.69, 9.17) is 16.3 Å². The van der Waals surface area contributed by atoms with Crippen LogP contribution in [0.15, 0.2) is 24.3 Å². The molecule has 1 heterocycles. The molecule has 0 saturated carbocycles. The van der Waals surface area contributed by atoms with Crippen molar-refractivity contribution in [2.75, 3.05) is 13.2 Å². The van der Waals surface area contributed by atoms with Gasteiger partial charge in [-0.3, -0.25) is 4.79 Å². The SMILES string of the molecule is O=C(NCc1ccccc1Cl)C1CCOCC1. The van der Waals surface area contributed by atoms with Crippen LogP contribution >= 0.6 is 11.6 Å². The summed E-state index contributed by atoms with van der Waals surface area (Å²) in [5.74, 6) is 0.194. The molecule has 0 bridgehead atoms. The number of halogens is 1. The molecule has 0 unspecified atom stereocenters. The van der Waals surface area contributed by atoms with Gasteiger partial charge in [-0.05, 0) is 24.5 Å². The molecule has 92 valence electrons. The Morgan fingerprint density at radius 3 is 2.76 bits per heavy atom. The van der Waals surface area contributed by atoms with Crippen LogP contribution in [-0.2, 0) is 16.1 Å². The third-order valence-corrected chi connectivity index (χ3v) is 3.37. The van der Waals surface area contributed by atoms with Crippen molar-refractivity contribution < 1.29 is 9.53 Å². The zero-order valence-corrected chi connectivity index (χ0v) is 10.4. The van der Waals surface area contributed by atoms with Gasteiger partial charge in [-0.2, -0.15) is 0 Å². The van der Waals surface area contributed by atoms with Crippen molar-refractivity contribution in [2.45, 2.75) is 19.4 Å². The van der Waals surface area contributed by atoms with E-state index < -0.39 is 0 Å². The molecule has 1 fully saturated rings. The van der Waals surface area contributed by atoms with Crippen LogP contribution in [0, 0.1) is 5.92 Å². The minimum Gasteiger partial charge on any atom is -0.381 e. The van der Waals surface area contributed by atoms with Crippen LogP contribution in [0.5, 0.6) is 0 Å². The Bertz CT molecular complexity index is 389. The monoisotopic (exact) mass is 253 g/mol. The number of hydrogen-bond acceptors (Lipinski definition) is 2. The number of rotatable bonds is 3. The second-order valence-electron chi connectivity index (χ2n) is 4.20. The highest BCUT2D eigenvalue weighted by Gasteiger charge is 2.21. The van der Waals surface area contributed by atoms with Crippen LogP contribution in [0.3, 0.4) is 0 Å². The van der Waals surface area contributed by atoms with Gasteiger partial charge in [-0.15, -0.1) is 0 Å². The molecule has 17 heavy (non-hydrogen) atoms. The minimum absolute atomic E-state index is 0.0891. The Kier molecular flexibility index (Phi) is 4.40. The predicted octanol–water partition coefficient (Wildman–Crippen LogP) is 2.38. The van der Waals surface area contributed by atoms with Gasteiger partial charge in [0.2, 0.25) is 5.91 Å². The van der Waals surface area contributed by atoms with E-state index >= 15 is 0 Å². The van der Waals surface area contributed by atoms with E-state index in [2.05, 4.69) is 5.32 Å². The van der Waals surface area contributed by atoms with Crippen molar-refractivity contribution in [1.82, 2.24) is 5.32 Å². The van der Waals surface area contributed by atoms with E-state index in [1.54, 1.807) is 0 Å². The van der Waals surface area contributed by atoms with E-state index in [1.165, 1.54) is 0 Å². The maximum atomic E-state index is 11.9. The van der Waals surface area contributed by atoms with Gasteiger partial charge in [-0.25, -0.2) is 0 Å². The molecule has 0 aromatic heterocycles. The van der Waals surface area contributed by atoms with E-state index in [0.29, 0.717) is 24.8 Å². The fourth-order valence-corrected chi connectivity index (χ4v) is 2.13. The average molecular weight is 254 g/mol. The molecule has 1 aromatic rings. The highest BCUT2D eigenvalue weighted by molar-refractivity contribution is 6.31. The molecule has 1 aromatic carbocycles. The summed E-state index contributed by atoms with van der Waals surface area (Å²) in [4.78, 5) is 11.9. The van der Waals surface area contributed by atoms with Crippen LogP contribution in [-0.4, -0.2) is 19.1 Å². The number of ether oxygens (including phenoxy) is 1. The fourth-order valence-electron chi connectivity index (χ4n) is 1.93. The van der Waals surface area contributed by atoms with E-state index in [0.717, 1.165) is 18.4 Å². The van der Waals surface area contributed by atoms with Gasteiger partial charge in [0.25, 0.3) is 0 Å². The smallest absolute Gasteiger partial charge is 0.223 e. The minimum atomic E-state index is 0.0891. The quantitative estimate of drug-likeness (QED) is 0.898. The Labute approximate surface area is 106 Å². The topological polar surface area (TPSA) is 38.3 Å². The van der Waals surface area contributed by atoms with Gasteiger partial charge >= 0.3 is 0 Å². The molecule has 0 aliphatic carbocycles. The van der Waals surface area contributed by atoms with Gasteiger partial charge in [0.05, 0.1) is 0 Å². The highest BCUT2D eigenvalue weighted by Crippen LogP contribution is 2.17. The molecule has 0 radical (unpaired) electrons. The van der Waals surface area contributed by atoms with Crippen molar-refractivity contribution in [3.63, 3.8) is 0 Å². The predicted molar refractivity (Wildman–Crippen MR) is 66.8 cm³/mol. The first-order valence-corrected chi connectivity index (χ1v) is 6.24. The largest absolute Gasteiger partial charge is 0.381 e. The normalized spacial score (nSPS) is 16.8. The molecule has 0 atom stereocenters. The molecule has 2 rings (SSSR count). The summed E-state index contributed by atoms with van der Waals surface area (Å²) >= 11 is 6.02. The van der Waals surface area contributed by atoms with Crippen molar-refractivity contribution in [1.29, 1.82) is 0 Å². The summed E-state index contributed by atoms with van der Waals surface area (Å²) in [6, 6.07) is 7.55. The summed E-state index contributed by atoms with van der Waals surface area (Å²) in [5, 5.41) is 3.62. The van der Waals surface area contributed by atoms with Crippen LogP contribution in [0.4, 0.5) is 0 Å². The van der Waals surface area contributed by atoms with Crippen molar-refractivity contribution >= 4 is 17.5 Å². The number of carbonyl (C=O) groups excluding carboxylic acids is 1. The molecular weight excluding hydrogens is 238 g/mol. The van der Waals surface area contributed by atoms with E-state index in [-0.39, 0.29) is 11.8 Å². The number of carbonyl (C=O) groups is 1. The van der Waals surface area contributed by atoms with E-state index in [9.17, 15) is 4.79 Å². The third kappa shape index (κ3) is 3.45. The molecule has 4 heteroatoms. The number of nitrogens with one attached hydrogen (secondary N) is 1. The van der Waals surface area contributed by atoms with Gasteiger partial charge < -0.3 is 10.1 Å². The van der Waals surface area contributed by atoms with Gasteiger partial charge in [0.1, 0.15) is 0 Å². The van der Waals surface area contributed by atoms with Crippen molar-refractivity contribution in [2.24, 2.45) is 5.92 Å². The first-order chi connectivity index (χ1) is 8.27. The maximum absolute atomic E-state index is 11.9. The van der Waals surface area contributed by atoms with Gasteiger partial charge in [0, 0.05) is 30.7 Å². The Morgan fingerprint density at radius 1 is 1.35 bits per heavy atom. The molecule has 0 spiro atoms. The van der Waals surface area contributed by atoms with Crippen LogP contribution in [0.1, 0.15) is 18.4 Å². The summed E-state index contributed by atoms with van der Waals surface area (Å²) in [6.07, 6.45) is 1.63. The summed E-state index contributed by atoms with van der Waals surface area (Å²) in [5.41, 5.74) is 0.953. The van der Waals surface area contributed by atoms with E-state index in [1.807, 2.05) is 24.3 Å². The summed E-state index contributed by atoms with van der Waals surface area (Å²) < 4.78 is 5.23. The van der Waals surface area contributed by atoms with Crippen LogP contribution in [0.2, 0.25) is 5.02 Å². The number of benzene rings is 1. The molecule has 1 amide bonds. The van der Waals surface area contributed by atoms with Crippen molar-refractivity contribution in [3.05, 3.63) is 34.9 Å². The fraction of sp³-hybridized carbons (Fsp3) is 0.462. The zero-order valence-electron chi connectivity index (χ0n) is 9.62.